The molecule has 5 amide bonds. The largest absolute Gasteiger partial charge is 0.369 e. The van der Waals surface area contributed by atoms with E-state index >= 15 is 0 Å². The number of imide groups is 1. The van der Waals surface area contributed by atoms with Crippen molar-refractivity contribution in [2.24, 2.45) is 10.7 Å². The lowest BCUT2D eigenvalue weighted by Crippen LogP contribution is -2.53. The molecule has 16 heteroatoms. The third kappa shape index (κ3) is 9.33. The van der Waals surface area contributed by atoms with Crippen molar-refractivity contribution in [3.8, 4) is 0 Å². The van der Waals surface area contributed by atoms with Crippen LogP contribution in [0.2, 0.25) is 5.02 Å². The van der Waals surface area contributed by atoms with E-state index in [1.807, 2.05) is 38.1 Å². The molecule has 3 aromatic rings. The van der Waals surface area contributed by atoms with Gasteiger partial charge in [-0.3, -0.25) is 44.6 Å². The van der Waals surface area contributed by atoms with E-state index in [1.54, 1.807) is 41.4 Å². The third-order valence-electron chi connectivity index (χ3n) is 11.0. The quantitative estimate of drug-likeness (QED) is 0.0542. The number of rotatable bonds is 15. The Kier molecular flexibility index (Phi) is 13.8. The van der Waals surface area contributed by atoms with E-state index in [0.29, 0.717) is 29.2 Å². The molecule has 1 fully saturated rings. The van der Waals surface area contributed by atoms with Crippen LogP contribution >= 0.6 is 22.9 Å². The zero-order chi connectivity index (χ0) is 41.7. The second-order valence-electron chi connectivity index (χ2n) is 15.1. The summed E-state index contributed by atoms with van der Waals surface area (Å²) in [7, 11) is 0. The summed E-state index contributed by atoms with van der Waals surface area (Å²) in [6.07, 6.45) is 3.56. The Labute approximate surface area is 347 Å². The minimum absolute atomic E-state index is 0.0275. The molecule has 0 radical (unpaired) electrons. The van der Waals surface area contributed by atoms with Crippen molar-refractivity contribution in [1.82, 2.24) is 20.9 Å². The van der Waals surface area contributed by atoms with Gasteiger partial charge < -0.3 is 26.4 Å². The molecule has 2 aromatic carbocycles. The Morgan fingerprint density at radius 1 is 1.00 bits per heavy atom. The van der Waals surface area contributed by atoms with Gasteiger partial charge in [0.1, 0.15) is 17.2 Å². The van der Waals surface area contributed by atoms with Gasteiger partial charge in [0, 0.05) is 51.7 Å². The molecule has 3 aliphatic rings. The minimum Gasteiger partial charge on any atom is -0.369 e. The number of carbonyl (C=O) groups excluding carboxylic acids is 5. The highest BCUT2D eigenvalue weighted by molar-refractivity contribution is 7.17. The molecule has 1 saturated heterocycles. The Morgan fingerprint density at radius 2 is 1.66 bits per heavy atom. The van der Waals surface area contributed by atoms with Gasteiger partial charge in [0.25, 0.3) is 5.91 Å². The Hall–Kier alpha value is -4.96. The standard InChI is InChI=1S/C42H51ClN8O6S/c1-23-24(2)58-42-35(23)37(26-13-15-28(43)16-14-26)48-30(38(45)50(42)25(3)44)22-34(54)47-20-9-7-5-4-6-8-19-46-33(53)21-27-11-10-12-29-36(27)41(57)51(40(29)56)31-17-18-32(52)49-39(31)55/h10-16,30-31,38,41,44,57H,4-9,17-22,45H2,1-3H3,(H,46,53)(H,47,54)(H,49,52,55)/t30-,31?,38?,41?/m0/s1. The first-order valence-electron chi connectivity index (χ1n) is 19.8. The van der Waals surface area contributed by atoms with Crippen molar-refractivity contribution in [1.29, 1.82) is 5.41 Å². The number of amides is 5. The Bertz CT molecular complexity index is 2120. The predicted octanol–water partition coefficient (Wildman–Crippen LogP) is 4.78. The van der Waals surface area contributed by atoms with E-state index in [9.17, 15) is 29.1 Å². The van der Waals surface area contributed by atoms with Gasteiger partial charge >= 0.3 is 0 Å². The summed E-state index contributed by atoms with van der Waals surface area (Å²) in [6.45, 7) is 6.80. The van der Waals surface area contributed by atoms with E-state index in [2.05, 4.69) is 16.0 Å². The van der Waals surface area contributed by atoms with Gasteiger partial charge in [-0.25, -0.2) is 0 Å². The molecule has 0 saturated carbocycles. The molecule has 0 aliphatic carbocycles. The lowest BCUT2D eigenvalue weighted by Gasteiger charge is -2.32. The van der Waals surface area contributed by atoms with E-state index in [-0.39, 0.29) is 48.9 Å². The predicted molar refractivity (Wildman–Crippen MR) is 224 cm³/mol. The van der Waals surface area contributed by atoms with Crippen LogP contribution in [0, 0.1) is 19.3 Å². The van der Waals surface area contributed by atoms with Crippen LogP contribution in [-0.4, -0.2) is 82.4 Å². The van der Waals surface area contributed by atoms with Crippen molar-refractivity contribution in [2.75, 3.05) is 18.0 Å². The SMILES string of the molecule is CC(=N)N1c2sc(C)c(C)c2C(c2ccc(Cl)cc2)=N[C@@H](CC(=O)NCCCCCCCCNC(=O)Cc2cccc3c2C(O)N(C2CCC(=O)NC2=O)C3=O)C1N. The van der Waals surface area contributed by atoms with Gasteiger partial charge in [-0.15, -0.1) is 11.3 Å². The summed E-state index contributed by atoms with van der Waals surface area (Å²) in [5.74, 6) is -1.64. The number of nitrogens with zero attached hydrogens (tertiary/aromatic N) is 3. The molecule has 1 aromatic heterocycles. The number of amidine groups is 1. The van der Waals surface area contributed by atoms with Crippen molar-refractivity contribution < 1.29 is 29.1 Å². The van der Waals surface area contributed by atoms with Gasteiger partial charge in [-0.2, -0.15) is 0 Å². The molecule has 4 atom stereocenters. The van der Waals surface area contributed by atoms with Gasteiger partial charge in [0.05, 0.1) is 30.4 Å². The van der Waals surface area contributed by atoms with Crippen LogP contribution in [0.5, 0.6) is 0 Å². The number of aliphatic hydroxyl groups is 1. The van der Waals surface area contributed by atoms with Crippen LogP contribution in [0.3, 0.4) is 0 Å². The van der Waals surface area contributed by atoms with E-state index in [4.69, 9.17) is 27.7 Å². The monoisotopic (exact) mass is 830 g/mol. The molecule has 14 nitrogen and oxygen atoms in total. The van der Waals surface area contributed by atoms with Crippen LogP contribution in [0.4, 0.5) is 5.00 Å². The van der Waals surface area contributed by atoms with Crippen molar-refractivity contribution in [3.63, 3.8) is 0 Å². The highest BCUT2D eigenvalue weighted by Crippen LogP contribution is 2.41. The molecule has 4 heterocycles. The average molecular weight is 831 g/mol. The van der Waals surface area contributed by atoms with Crippen LogP contribution in [0.25, 0.3) is 0 Å². The number of hydrogen-bond acceptors (Lipinski definition) is 10. The first-order valence-corrected chi connectivity index (χ1v) is 21.0. The number of nitrogens with one attached hydrogen (secondary N) is 4. The summed E-state index contributed by atoms with van der Waals surface area (Å²) in [5.41, 5.74) is 11.5. The number of hydrogen-bond donors (Lipinski definition) is 6. The van der Waals surface area contributed by atoms with Crippen LogP contribution in [-0.2, 0) is 25.6 Å². The van der Waals surface area contributed by atoms with Crippen molar-refractivity contribution in [2.45, 2.75) is 109 Å². The number of carbonyl (C=O) groups is 5. The first-order chi connectivity index (χ1) is 27.8. The molecule has 58 heavy (non-hydrogen) atoms. The third-order valence-corrected chi connectivity index (χ3v) is 12.5. The number of piperidine rings is 1. The van der Waals surface area contributed by atoms with Gasteiger partial charge in [0.2, 0.25) is 23.6 Å². The molecular formula is C42H51ClN8O6S. The topological polar surface area (TPSA) is 210 Å². The number of aliphatic imine (C=N–C) groups is 1. The molecule has 0 spiro atoms. The summed E-state index contributed by atoms with van der Waals surface area (Å²) < 4.78 is 0. The number of aryl methyl sites for hydroxylation is 1. The second-order valence-corrected chi connectivity index (χ2v) is 16.7. The first kappa shape index (κ1) is 42.6. The maximum atomic E-state index is 13.2. The number of halogens is 1. The number of anilines is 1. The highest BCUT2D eigenvalue weighted by atomic mass is 35.5. The fourth-order valence-corrected chi connectivity index (χ4v) is 9.24. The normalized spacial score (nSPS) is 20.2. The van der Waals surface area contributed by atoms with Crippen molar-refractivity contribution >= 4 is 69.0 Å². The van der Waals surface area contributed by atoms with Crippen LogP contribution in [0.1, 0.15) is 114 Å². The van der Waals surface area contributed by atoms with Gasteiger partial charge in [-0.1, -0.05) is 61.5 Å². The number of thiophene rings is 1. The average Bonchev–Trinajstić information content (AvgIpc) is 3.56. The zero-order valence-corrected chi connectivity index (χ0v) is 34.6. The number of aliphatic hydroxyl groups excluding tert-OH is 1. The molecule has 3 aliphatic heterocycles. The summed E-state index contributed by atoms with van der Waals surface area (Å²) in [4.78, 5) is 72.3. The number of nitrogens with two attached hydrogens (primary N) is 1. The lowest BCUT2D eigenvalue weighted by molar-refractivity contribution is -0.139. The van der Waals surface area contributed by atoms with E-state index < -0.39 is 42.2 Å². The molecule has 0 bridgehead atoms. The fraction of sp³-hybridized carbons (Fsp3) is 0.452. The fourth-order valence-electron chi connectivity index (χ4n) is 7.86. The summed E-state index contributed by atoms with van der Waals surface area (Å²) >= 11 is 7.78. The molecule has 308 valence electrons. The van der Waals surface area contributed by atoms with Crippen LogP contribution in [0.15, 0.2) is 47.5 Å². The smallest absolute Gasteiger partial charge is 0.257 e. The summed E-state index contributed by atoms with van der Waals surface area (Å²) in [6, 6.07) is 10.8. The molecule has 3 unspecified atom stereocenters. The van der Waals surface area contributed by atoms with E-state index in [0.717, 1.165) is 75.7 Å². The maximum Gasteiger partial charge on any atom is 0.257 e. The number of unbranched alkanes of at least 4 members (excludes halogenated alkanes) is 5. The van der Waals surface area contributed by atoms with Crippen LogP contribution < -0.4 is 26.6 Å². The number of benzene rings is 2. The highest BCUT2D eigenvalue weighted by Gasteiger charge is 2.45. The number of fused-ring (bicyclic) bond motifs is 2. The van der Waals surface area contributed by atoms with Gasteiger partial charge in [0.15, 0.2) is 6.23 Å². The minimum atomic E-state index is -1.39. The second kappa shape index (κ2) is 18.7. The Morgan fingerprint density at radius 3 is 2.31 bits per heavy atom. The van der Waals surface area contributed by atoms with Gasteiger partial charge in [-0.05, 0) is 69.4 Å². The lowest BCUT2D eigenvalue weighted by atomic mass is 9.99. The summed E-state index contributed by atoms with van der Waals surface area (Å²) in [5, 5.41) is 29.3. The zero-order valence-electron chi connectivity index (χ0n) is 33.0. The molecule has 6 rings (SSSR count). The molecule has 7 N–H and O–H groups in total. The molecular weight excluding hydrogens is 780 g/mol. The van der Waals surface area contributed by atoms with E-state index in [1.165, 1.54) is 0 Å². The van der Waals surface area contributed by atoms with Crippen molar-refractivity contribution in [3.05, 3.63) is 85.7 Å². The maximum absolute atomic E-state index is 13.2. The Balaban J connectivity index is 0.912.